The van der Waals surface area contributed by atoms with E-state index >= 15 is 0 Å². The minimum atomic E-state index is -4.59. The Morgan fingerprint density at radius 1 is 0.909 bits per heavy atom. The Morgan fingerprint density at radius 3 is 2.24 bits per heavy atom. The maximum Gasteiger partial charge on any atom is 0.431 e. The molecule has 0 saturated carbocycles. The molecule has 3 aromatic rings. The van der Waals surface area contributed by atoms with E-state index in [-0.39, 0.29) is 11.4 Å². The molecule has 2 aliphatic rings. The molecule has 0 bridgehead atoms. The number of aromatic nitrogens is 1. The van der Waals surface area contributed by atoms with Gasteiger partial charge >= 0.3 is 6.18 Å². The molecule has 0 aliphatic carbocycles. The van der Waals surface area contributed by atoms with E-state index in [0.717, 1.165) is 11.1 Å². The van der Waals surface area contributed by atoms with Crippen LogP contribution in [0.2, 0.25) is 0 Å². The number of halogens is 3. The first-order valence-corrected chi connectivity index (χ1v) is 10.5. The van der Waals surface area contributed by atoms with Crippen molar-refractivity contribution in [1.82, 2.24) is 4.57 Å². The summed E-state index contributed by atoms with van der Waals surface area (Å²) in [5.74, 6) is 1.83. The molecule has 5 rings (SSSR count). The van der Waals surface area contributed by atoms with Gasteiger partial charge in [0, 0.05) is 27.9 Å². The fraction of sp³-hybridized carbons (Fsp3) is 0.360. The van der Waals surface area contributed by atoms with E-state index in [4.69, 9.17) is 18.9 Å². The van der Waals surface area contributed by atoms with Crippen LogP contribution in [0.4, 0.5) is 13.2 Å². The van der Waals surface area contributed by atoms with Gasteiger partial charge in [-0.3, -0.25) is 0 Å². The number of alkyl halides is 3. The van der Waals surface area contributed by atoms with Crippen molar-refractivity contribution in [2.24, 2.45) is 0 Å². The zero-order valence-electron chi connectivity index (χ0n) is 19.0. The van der Waals surface area contributed by atoms with E-state index in [1.165, 1.54) is 20.3 Å². The van der Waals surface area contributed by atoms with Gasteiger partial charge in [-0.15, -0.1) is 0 Å². The summed E-state index contributed by atoms with van der Waals surface area (Å²) in [5, 5.41) is 0. The van der Waals surface area contributed by atoms with Gasteiger partial charge in [-0.2, -0.15) is 13.2 Å². The minimum absolute atomic E-state index is 0.101. The number of methoxy groups -OCH3 is 3. The predicted octanol–water partition coefficient (Wildman–Crippen LogP) is 6.13. The molecule has 0 spiro atoms. The number of ether oxygens (including phenoxy) is 4. The largest absolute Gasteiger partial charge is 0.497 e. The number of hydrogen-bond donors (Lipinski definition) is 0. The highest BCUT2D eigenvalue weighted by Gasteiger charge is 2.51. The topological polar surface area (TPSA) is 41.9 Å². The van der Waals surface area contributed by atoms with Crippen molar-refractivity contribution in [3.63, 3.8) is 0 Å². The smallest absolute Gasteiger partial charge is 0.431 e. The first-order chi connectivity index (χ1) is 15.6. The summed E-state index contributed by atoms with van der Waals surface area (Å²) < 4.78 is 66.4. The third kappa shape index (κ3) is 3.14. The Hall–Kier alpha value is -3.29. The Kier molecular flexibility index (Phi) is 4.64. The molecule has 0 amide bonds. The summed E-state index contributed by atoms with van der Waals surface area (Å²) in [6, 6.07) is 10.4. The van der Waals surface area contributed by atoms with E-state index in [9.17, 15) is 13.2 Å². The van der Waals surface area contributed by atoms with Gasteiger partial charge in [-0.25, -0.2) is 0 Å². The van der Waals surface area contributed by atoms with Crippen LogP contribution in [0.15, 0.2) is 36.4 Å². The predicted molar refractivity (Wildman–Crippen MR) is 117 cm³/mol. The lowest BCUT2D eigenvalue weighted by atomic mass is 9.85. The van der Waals surface area contributed by atoms with Gasteiger partial charge < -0.3 is 23.5 Å². The van der Waals surface area contributed by atoms with Gasteiger partial charge in [0.15, 0.2) is 11.5 Å². The molecule has 0 fully saturated rings. The third-order valence-corrected chi connectivity index (χ3v) is 6.42. The number of benzene rings is 2. The number of rotatable bonds is 3. The summed E-state index contributed by atoms with van der Waals surface area (Å²) in [4.78, 5) is 0. The van der Waals surface area contributed by atoms with E-state index < -0.39 is 17.8 Å². The fourth-order valence-corrected chi connectivity index (χ4v) is 5.05. The molecule has 174 valence electrons. The van der Waals surface area contributed by atoms with Crippen molar-refractivity contribution in [3.05, 3.63) is 47.7 Å². The second-order valence-corrected chi connectivity index (χ2v) is 8.92. The number of fused-ring (bicyclic) bond motifs is 7. The van der Waals surface area contributed by atoms with Crippen molar-refractivity contribution in [2.45, 2.75) is 38.1 Å². The Labute approximate surface area is 189 Å². The quantitative estimate of drug-likeness (QED) is 0.472. The summed E-state index contributed by atoms with van der Waals surface area (Å²) in [6.07, 6.45) is -6.15. The van der Waals surface area contributed by atoms with Crippen LogP contribution in [0, 0.1) is 0 Å². The lowest BCUT2D eigenvalue weighted by molar-refractivity contribution is -0.200. The fourth-order valence-electron chi connectivity index (χ4n) is 5.05. The van der Waals surface area contributed by atoms with Crippen molar-refractivity contribution in [2.75, 3.05) is 21.3 Å². The van der Waals surface area contributed by atoms with Crippen LogP contribution in [0.1, 0.15) is 31.2 Å². The normalized spacial score (nSPS) is 17.8. The highest BCUT2D eigenvalue weighted by atomic mass is 19.4. The van der Waals surface area contributed by atoms with Crippen LogP contribution in [-0.2, 0) is 12.0 Å². The first kappa shape index (κ1) is 21.6. The molecule has 5 nitrogen and oxygen atoms in total. The maximum absolute atomic E-state index is 14.3. The lowest BCUT2D eigenvalue weighted by Gasteiger charge is -2.39. The minimum Gasteiger partial charge on any atom is -0.497 e. The maximum atomic E-state index is 14.3. The van der Waals surface area contributed by atoms with Crippen molar-refractivity contribution in [3.8, 4) is 45.4 Å². The SMILES string of the molecule is COc1ccc2c(c1)-c1cc3n(c1C(C(F)(F)F)O2)C(C)(C)Cc1cc(OC)c(OC)cc1-3. The van der Waals surface area contributed by atoms with Gasteiger partial charge in [0.25, 0.3) is 0 Å². The molecule has 3 heterocycles. The average Bonchev–Trinajstić information content (AvgIpc) is 3.18. The molecular weight excluding hydrogens is 435 g/mol. The Bertz CT molecular complexity index is 1260. The highest BCUT2D eigenvalue weighted by Crippen LogP contribution is 2.55. The van der Waals surface area contributed by atoms with Gasteiger partial charge in [0.05, 0.1) is 27.0 Å². The lowest BCUT2D eigenvalue weighted by Crippen LogP contribution is -2.39. The van der Waals surface area contributed by atoms with E-state index in [2.05, 4.69) is 0 Å². The molecule has 2 aliphatic heterocycles. The van der Waals surface area contributed by atoms with Gasteiger partial charge in [0.2, 0.25) is 6.10 Å². The van der Waals surface area contributed by atoms with Crippen LogP contribution in [0.5, 0.6) is 23.0 Å². The molecule has 2 aromatic carbocycles. The van der Waals surface area contributed by atoms with Crippen molar-refractivity contribution >= 4 is 0 Å². The van der Waals surface area contributed by atoms with Gasteiger partial charge in [0.1, 0.15) is 11.5 Å². The Balaban J connectivity index is 1.85. The summed E-state index contributed by atoms with van der Waals surface area (Å²) in [7, 11) is 4.63. The second-order valence-electron chi connectivity index (χ2n) is 8.92. The Morgan fingerprint density at radius 2 is 1.61 bits per heavy atom. The highest BCUT2D eigenvalue weighted by molar-refractivity contribution is 5.84. The van der Waals surface area contributed by atoms with Crippen LogP contribution >= 0.6 is 0 Å². The van der Waals surface area contributed by atoms with Crippen molar-refractivity contribution < 1.29 is 32.1 Å². The molecular formula is C25H24F3NO4. The monoisotopic (exact) mass is 459 g/mol. The zero-order chi connectivity index (χ0) is 23.7. The molecule has 0 N–H and O–H groups in total. The van der Waals surface area contributed by atoms with Gasteiger partial charge in [-0.05, 0) is 62.2 Å². The van der Waals surface area contributed by atoms with Crippen LogP contribution in [0.3, 0.4) is 0 Å². The number of hydrogen-bond acceptors (Lipinski definition) is 4. The summed E-state index contributed by atoms with van der Waals surface area (Å²) in [6.45, 7) is 3.87. The van der Waals surface area contributed by atoms with Crippen LogP contribution < -0.4 is 18.9 Å². The molecule has 1 unspecified atom stereocenters. The standard InChI is InChI=1S/C25H24F3NO4/c1-24(2)12-13-8-20(31-4)21(32-5)11-15(13)18-10-17-16-9-14(30-3)6-7-19(16)33-23(25(26,27)28)22(17)29(18)24/h6-11,23H,12H2,1-5H3. The molecule has 0 saturated heterocycles. The molecule has 33 heavy (non-hydrogen) atoms. The van der Waals surface area contributed by atoms with E-state index in [1.807, 2.05) is 32.0 Å². The van der Waals surface area contributed by atoms with E-state index in [0.29, 0.717) is 40.5 Å². The van der Waals surface area contributed by atoms with Gasteiger partial charge in [-0.1, -0.05) is 0 Å². The third-order valence-electron chi connectivity index (χ3n) is 6.42. The van der Waals surface area contributed by atoms with Crippen LogP contribution in [0.25, 0.3) is 22.4 Å². The average molecular weight is 459 g/mol. The summed E-state index contributed by atoms with van der Waals surface area (Å²) in [5.41, 5.74) is 3.00. The first-order valence-electron chi connectivity index (χ1n) is 10.5. The summed E-state index contributed by atoms with van der Waals surface area (Å²) >= 11 is 0. The number of nitrogens with zero attached hydrogens (tertiary/aromatic N) is 1. The molecule has 1 atom stereocenters. The molecule has 0 radical (unpaired) electrons. The zero-order valence-corrected chi connectivity index (χ0v) is 19.0. The van der Waals surface area contributed by atoms with Crippen LogP contribution in [-0.4, -0.2) is 32.1 Å². The van der Waals surface area contributed by atoms with Crippen molar-refractivity contribution in [1.29, 1.82) is 0 Å². The second kappa shape index (κ2) is 7.10. The molecule has 8 heteroatoms. The van der Waals surface area contributed by atoms with E-state index in [1.54, 1.807) is 23.8 Å². The molecule has 1 aromatic heterocycles.